The van der Waals surface area contributed by atoms with Gasteiger partial charge in [-0.3, -0.25) is 0 Å². The summed E-state index contributed by atoms with van der Waals surface area (Å²) in [5.41, 5.74) is 2.29. The summed E-state index contributed by atoms with van der Waals surface area (Å²) in [5.74, 6) is 1.00. The highest BCUT2D eigenvalue weighted by molar-refractivity contribution is 7.97. The van der Waals surface area contributed by atoms with Gasteiger partial charge < -0.3 is 0 Å². The molecule has 11 heavy (non-hydrogen) atoms. The van der Waals surface area contributed by atoms with Crippen molar-refractivity contribution in [2.75, 3.05) is 6.26 Å². The molecule has 0 aromatic carbocycles. The molecule has 1 aromatic heterocycles. The standard InChI is InChI=1S/C8H10ClNS/c1-6-3-7(5-11-2)4-10-8(6)9/h3-4H,5H2,1-2H3. The maximum absolute atomic E-state index is 5.76. The van der Waals surface area contributed by atoms with E-state index in [2.05, 4.69) is 17.3 Å². The quantitative estimate of drug-likeness (QED) is 0.661. The van der Waals surface area contributed by atoms with Gasteiger partial charge in [0.1, 0.15) is 5.15 Å². The molecule has 1 rings (SSSR count). The van der Waals surface area contributed by atoms with Crippen molar-refractivity contribution in [1.82, 2.24) is 4.98 Å². The van der Waals surface area contributed by atoms with Crippen LogP contribution in [-0.2, 0) is 5.75 Å². The molecule has 0 aliphatic carbocycles. The molecular formula is C8H10ClNS. The first kappa shape index (κ1) is 8.88. The van der Waals surface area contributed by atoms with Crippen molar-refractivity contribution >= 4 is 23.4 Å². The Kier molecular flexibility index (Phi) is 3.21. The van der Waals surface area contributed by atoms with E-state index >= 15 is 0 Å². The van der Waals surface area contributed by atoms with E-state index in [4.69, 9.17) is 11.6 Å². The van der Waals surface area contributed by atoms with E-state index in [1.165, 1.54) is 5.56 Å². The molecular weight excluding hydrogens is 178 g/mol. The summed E-state index contributed by atoms with van der Waals surface area (Å²) < 4.78 is 0. The van der Waals surface area contributed by atoms with Gasteiger partial charge >= 0.3 is 0 Å². The average molecular weight is 188 g/mol. The van der Waals surface area contributed by atoms with Crippen LogP contribution in [0, 0.1) is 6.92 Å². The van der Waals surface area contributed by atoms with E-state index in [-0.39, 0.29) is 0 Å². The van der Waals surface area contributed by atoms with Crippen LogP contribution in [0.2, 0.25) is 5.15 Å². The number of rotatable bonds is 2. The van der Waals surface area contributed by atoms with Crippen molar-refractivity contribution in [2.45, 2.75) is 12.7 Å². The van der Waals surface area contributed by atoms with Crippen molar-refractivity contribution < 1.29 is 0 Å². The van der Waals surface area contributed by atoms with Crippen LogP contribution in [0.25, 0.3) is 0 Å². The van der Waals surface area contributed by atoms with Crippen LogP contribution < -0.4 is 0 Å². The molecule has 1 heterocycles. The zero-order valence-corrected chi connectivity index (χ0v) is 8.17. The Bertz CT molecular complexity index is 250. The summed E-state index contributed by atoms with van der Waals surface area (Å²) in [6, 6.07) is 2.08. The smallest absolute Gasteiger partial charge is 0.131 e. The SMILES string of the molecule is CSCc1cnc(Cl)c(C)c1. The Balaban J connectivity index is 2.86. The number of halogens is 1. The third-order valence-electron chi connectivity index (χ3n) is 1.38. The molecule has 3 heteroatoms. The van der Waals surface area contributed by atoms with Crippen molar-refractivity contribution in [1.29, 1.82) is 0 Å². The zero-order valence-electron chi connectivity index (χ0n) is 6.60. The average Bonchev–Trinajstić information content (AvgIpc) is 1.98. The van der Waals surface area contributed by atoms with Gasteiger partial charge in [-0.05, 0) is 24.3 Å². The predicted octanol–water partition coefficient (Wildman–Crippen LogP) is 2.91. The highest BCUT2D eigenvalue weighted by Gasteiger charge is 1.97. The fourth-order valence-corrected chi connectivity index (χ4v) is 1.46. The third kappa shape index (κ3) is 2.38. The van der Waals surface area contributed by atoms with Gasteiger partial charge in [-0.1, -0.05) is 17.7 Å². The summed E-state index contributed by atoms with van der Waals surface area (Å²) in [6.45, 7) is 1.97. The van der Waals surface area contributed by atoms with E-state index in [0.717, 1.165) is 11.3 Å². The van der Waals surface area contributed by atoms with Gasteiger partial charge in [0, 0.05) is 11.9 Å². The number of aromatic nitrogens is 1. The fourth-order valence-electron chi connectivity index (χ4n) is 0.862. The Labute approximate surface area is 76.2 Å². The first-order chi connectivity index (χ1) is 5.24. The summed E-state index contributed by atoms with van der Waals surface area (Å²) in [6.07, 6.45) is 3.90. The lowest BCUT2D eigenvalue weighted by Gasteiger charge is -2.00. The third-order valence-corrected chi connectivity index (χ3v) is 2.40. The number of hydrogen-bond donors (Lipinski definition) is 0. The van der Waals surface area contributed by atoms with Crippen molar-refractivity contribution in [3.05, 3.63) is 28.5 Å². The van der Waals surface area contributed by atoms with Crippen molar-refractivity contribution in [2.24, 2.45) is 0 Å². The lowest BCUT2D eigenvalue weighted by atomic mass is 10.2. The molecule has 0 N–H and O–H groups in total. The summed E-state index contributed by atoms with van der Waals surface area (Å²) in [4.78, 5) is 4.05. The van der Waals surface area contributed by atoms with Crippen molar-refractivity contribution in [3.63, 3.8) is 0 Å². The van der Waals surface area contributed by atoms with Crippen LogP contribution in [0.1, 0.15) is 11.1 Å². The van der Waals surface area contributed by atoms with E-state index in [9.17, 15) is 0 Å². The minimum atomic E-state index is 0.606. The van der Waals surface area contributed by atoms with E-state index in [1.807, 2.05) is 13.1 Å². The molecule has 0 aliphatic heterocycles. The second-order valence-electron chi connectivity index (χ2n) is 2.38. The monoisotopic (exact) mass is 187 g/mol. The minimum Gasteiger partial charge on any atom is -0.244 e. The fraction of sp³-hybridized carbons (Fsp3) is 0.375. The van der Waals surface area contributed by atoms with Gasteiger partial charge in [-0.15, -0.1) is 0 Å². The maximum Gasteiger partial charge on any atom is 0.131 e. The van der Waals surface area contributed by atoms with Gasteiger partial charge in [0.2, 0.25) is 0 Å². The van der Waals surface area contributed by atoms with Crippen molar-refractivity contribution in [3.8, 4) is 0 Å². The molecule has 0 spiro atoms. The van der Waals surface area contributed by atoms with E-state index in [0.29, 0.717) is 5.15 Å². The Morgan fingerprint density at radius 3 is 2.91 bits per heavy atom. The highest BCUT2D eigenvalue weighted by Crippen LogP contribution is 2.15. The molecule has 0 radical (unpaired) electrons. The molecule has 0 saturated carbocycles. The van der Waals surface area contributed by atoms with Crippen LogP contribution in [-0.4, -0.2) is 11.2 Å². The van der Waals surface area contributed by atoms with Gasteiger partial charge in [0.15, 0.2) is 0 Å². The summed E-state index contributed by atoms with van der Waals surface area (Å²) >= 11 is 7.55. The van der Waals surface area contributed by atoms with Gasteiger partial charge in [-0.25, -0.2) is 4.98 Å². The molecule has 0 saturated heterocycles. The molecule has 0 atom stereocenters. The lowest BCUT2D eigenvalue weighted by Crippen LogP contribution is -1.86. The first-order valence-corrected chi connectivity index (χ1v) is 5.11. The van der Waals surface area contributed by atoms with E-state index in [1.54, 1.807) is 11.8 Å². The molecule has 0 fully saturated rings. The van der Waals surface area contributed by atoms with Gasteiger partial charge in [-0.2, -0.15) is 11.8 Å². The molecule has 0 bridgehead atoms. The second-order valence-corrected chi connectivity index (χ2v) is 3.61. The van der Waals surface area contributed by atoms with Crippen LogP contribution in [0.3, 0.4) is 0 Å². The Hall–Kier alpha value is -0.210. The van der Waals surface area contributed by atoms with Gasteiger partial charge in [0.05, 0.1) is 0 Å². The summed E-state index contributed by atoms with van der Waals surface area (Å²) in [7, 11) is 0. The molecule has 1 nitrogen and oxygen atoms in total. The second kappa shape index (κ2) is 3.98. The number of thioether (sulfide) groups is 1. The lowest BCUT2D eigenvalue weighted by molar-refractivity contribution is 1.21. The molecule has 0 aliphatic rings. The van der Waals surface area contributed by atoms with Crippen LogP contribution in [0.5, 0.6) is 0 Å². The van der Waals surface area contributed by atoms with Gasteiger partial charge in [0.25, 0.3) is 0 Å². The molecule has 0 unspecified atom stereocenters. The number of pyridine rings is 1. The molecule has 60 valence electrons. The number of nitrogens with zero attached hydrogens (tertiary/aromatic N) is 1. The largest absolute Gasteiger partial charge is 0.244 e. The van der Waals surface area contributed by atoms with Crippen LogP contribution >= 0.6 is 23.4 Å². The zero-order chi connectivity index (χ0) is 8.27. The summed E-state index contributed by atoms with van der Waals surface area (Å²) in [5, 5.41) is 0.606. The van der Waals surface area contributed by atoms with Crippen LogP contribution in [0.4, 0.5) is 0 Å². The highest BCUT2D eigenvalue weighted by atomic mass is 35.5. The Morgan fingerprint density at radius 2 is 2.36 bits per heavy atom. The molecule has 1 aromatic rings. The number of hydrogen-bond acceptors (Lipinski definition) is 2. The predicted molar refractivity (Wildman–Crippen MR) is 51.2 cm³/mol. The topological polar surface area (TPSA) is 12.9 Å². The first-order valence-electron chi connectivity index (χ1n) is 3.34. The minimum absolute atomic E-state index is 0.606. The Morgan fingerprint density at radius 1 is 1.64 bits per heavy atom. The number of aryl methyl sites for hydroxylation is 1. The van der Waals surface area contributed by atoms with Crippen LogP contribution in [0.15, 0.2) is 12.3 Å². The molecule has 0 amide bonds. The van der Waals surface area contributed by atoms with E-state index < -0.39 is 0 Å². The normalized spacial score (nSPS) is 10.1. The maximum atomic E-state index is 5.76.